The van der Waals surface area contributed by atoms with Gasteiger partial charge in [0, 0.05) is 5.56 Å². The molecule has 0 heterocycles. The molecule has 1 aliphatic rings. The minimum absolute atomic E-state index is 0.161. The highest BCUT2D eigenvalue weighted by Gasteiger charge is 2.31. The first-order valence-corrected chi connectivity index (χ1v) is 10.1. The van der Waals surface area contributed by atoms with Gasteiger partial charge >= 0.3 is 5.97 Å². The van der Waals surface area contributed by atoms with Crippen LogP contribution in [-0.4, -0.2) is 11.1 Å². The Morgan fingerprint density at radius 1 is 0.933 bits per heavy atom. The molecule has 0 unspecified atom stereocenters. The first-order valence-electron chi connectivity index (χ1n) is 10.1. The molecule has 3 rings (SSSR count). The normalized spacial score (nSPS) is 19.1. The minimum Gasteiger partial charge on any atom is -0.477 e. The van der Waals surface area contributed by atoms with E-state index in [4.69, 9.17) is 0 Å². The van der Waals surface area contributed by atoms with Crippen molar-refractivity contribution in [3.8, 4) is 11.1 Å². The molecule has 0 aromatic heterocycles. The van der Waals surface area contributed by atoms with Crippen molar-refractivity contribution in [2.24, 2.45) is 5.92 Å². The molecule has 2 aromatic rings. The maximum Gasteiger partial charge on any atom is 0.341 e. The van der Waals surface area contributed by atoms with E-state index in [1.165, 1.54) is 0 Å². The zero-order chi connectivity index (χ0) is 22.0. The molecule has 0 saturated heterocycles. The van der Waals surface area contributed by atoms with Crippen LogP contribution in [0.25, 0.3) is 11.1 Å². The highest BCUT2D eigenvalue weighted by molar-refractivity contribution is 5.91. The zero-order valence-electron chi connectivity index (χ0n) is 16.6. The van der Waals surface area contributed by atoms with Crippen molar-refractivity contribution in [2.45, 2.75) is 57.8 Å². The monoisotopic (exact) mass is 426 g/mol. The Kier molecular flexibility index (Phi) is 6.78. The van der Waals surface area contributed by atoms with Crippen molar-refractivity contribution in [1.29, 1.82) is 0 Å². The van der Waals surface area contributed by atoms with Gasteiger partial charge in [-0.2, -0.15) is 0 Å². The summed E-state index contributed by atoms with van der Waals surface area (Å²) in [7, 11) is 0. The van der Waals surface area contributed by atoms with E-state index in [9.17, 15) is 27.5 Å². The topological polar surface area (TPSA) is 37.3 Å². The lowest BCUT2D eigenvalue weighted by molar-refractivity contribution is 0.0686. The first-order chi connectivity index (χ1) is 14.2. The smallest absolute Gasteiger partial charge is 0.341 e. The molecule has 0 aliphatic heterocycles. The molecule has 0 bridgehead atoms. The van der Waals surface area contributed by atoms with E-state index in [-0.39, 0.29) is 22.6 Å². The van der Waals surface area contributed by atoms with Crippen LogP contribution in [0.1, 0.15) is 73.7 Å². The van der Waals surface area contributed by atoms with Crippen LogP contribution in [0.4, 0.5) is 22.0 Å². The number of rotatable bonds is 6. The summed E-state index contributed by atoms with van der Waals surface area (Å²) >= 11 is 0. The molecule has 0 spiro atoms. The Bertz CT molecular complexity index is 926. The number of hydrogen-bond acceptors (Lipinski definition) is 1. The SMILES string of the molecule is CCCC[C@H]1CC[C@H](c2cc(F)c(C(=O)O)c(F)c2-c2cc(F)c(F)c(F)c2)CC1. The molecular weight excluding hydrogens is 403 g/mol. The van der Waals surface area contributed by atoms with Gasteiger partial charge in [-0.25, -0.2) is 26.7 Å². The van der Waals surface area contributed by atoms with E-state index in [2.05, 4.69) is 6.92 Å². The minimum atomic E-state index is -1.83. The largest absolute Gasteiger partial charge is 0.477 e. The second-order valence-electron chi connectivity index (χ2n) is 7.93. The highest BCUT2D eigenvalue weighted by atomic mass is 19.2. The van der Waals surface area contributed by atoms with Crippen LogP contribution in [-0.2, 0) is 0 Å². The van der Waals surface area contributed by atoms with Crippen molar-refractivity contribution in [1.82, 2.24) is 0 Å². The van der Waals surface area contributed by atoms with E-state index in [1.807, 2.05) is 0 Å². The van der Waals surface area contributed by atoms with Gasteiger partial charge in [0.25, 0.3) is 0 Å². The number of benzene rings is 2. The van der Waals surface area contributed by atoms with Gasteiger partial charge in [-0.3, -0.25) is 0 Å². The van der Waals surface area contributed by atoms with Gasteiger partial charge in [-0.05, 0) is 66.8 Å². The van der Waals surface area contributed by atoms with Crippen LogP contribution >= 0.6 is 0 Å². The molecule has 2 aromatic carbocycles. The second kappa shape index (κ2) is 9.14. The summed E-state index contributed by atoms with van der Waals surface area (Å²) in [6.45, 7) is 2.11. The number of carbonyl (C=O) groups is 1. The predicted octanol–water partition coefficient (Wildman–Crippen LogP) is 7.21. The lowest BCUT2D eigenvalue weighted by Crippen LogP contribution is -2.16. The lowest BCUT2D eigenvalue weighted by Gasteiger charge is -2.30. The van der Waals surface area contributed by atoms with Gasteiger partial charge in [0.05, 0.1) is 0 Å². The summed E-state index contributed by atoms with van der Waals surface area (Å²) in [5, 5.41) is 9.20. The molecule has 7 heteroatoms. The number of carboxylic acid groups (broad SMARTS) is 1. The Morgan fingerprint density at radius 3 is 2.07 bits per heavy atom. The summed E-state index contributed by atoms with van der Waals surface area (Å²) < 4.78 is 70.6. The van der Waals surface area contributed by atoms with Crippen LogP contribution in [0.3, 0.4) is 0 Å². The average molecular weight is 426 g/mol. The first kappa shape index (κ1) is 22.2. The summed E-state index contributed by atoms with van der Waals surface area (Å²) in [6.07, 6.45) is 6.20. The number of hydrogen-bond donors (Lipinski definition) is 1. The standard InChI is InChI=1S/C23H23F5O2/c1-2-3-4-12-5-7-13(8-6-12)15-11-16(24)20(23(29)30)22(28)19(15)14-9-17(25)21(27)18(26)10-14/h9-13H,2-8H2,1H3,(H,29,30)/t12-,13-. The van der Waals surface area contributed by atoms with Crippen molar-refractivity contribution in [3.63, 3.8) is 0 Å². The fourth-order valence-corrected chi connectivity index (χ4v) is 4.40. The molecule has 0 radical (unpaired) electrons. The third-order valence-corrected chi connectivity index (χ3v) is 5.99. The second-order valence-corrected chi connectivity index (χ2v) is 7.93. The van der Waals surface area contributed by atoms with Crippen LogP contribution in [0, 0.1) is 35.0 Å². The van der Waals surface area contributed by atoms with E-state index in [1.54, 1.807) is 0 Å². The molecular formula is C23H23F5O2. The molecule has 2 nitrogen and oxygen atoms in total. The quantitative estimate of drug-likeness (QED) is 0.391. The van der Waals surface area contributed by atoms with Gasteiger partial charge in [0.1, 0.15) is 17.2 Å². The van der Waals surface area contributed by atoms with Crippen molar-refractivity contribution in [2.75, 3.05) is 0 Å². The van der Waals surface area contributed by atoms with E-state index in [0.717, 1.165) is 38.2 Å². The van der Waals surface area contributed by atoms with Crippen molar-refractivity contribution >= 4 is 5.97 Å². The van der Waals surface area contributed by atoms with Crippen LogP contribution in [0.5, 0.6) is 0 Å². The van der Waals surface area contributed by atoms with Crippen LogP contribution < -0.4 is 0 Å². The zero-order valence-corrected chi connectivity index (χ0v) is 16.6. The fraction of sp³-hybridized carbons (Fsp3) is 0.435. The Labute approximate surface area is 171 Å². The van der Waals surface area contributed by atoms with Gasteiger partial charge in [-0.15, -0.1) is 0 Å². The van der Waals surface area contributed by atoms with Gasteiger partial charge in [0.2, 0.25) is 0 Å². The molecule has 30 heavy (non-hydrogen) atoms. The molecule has 162 valence electrons. The third-order valence-electron chi connectivity index (χ3n) is 5.99. The van der Waals surface area contributed by atoms with Crippen molar-refractivity contribution in [3.05, 3.63) is 58.4 Å². The maximum absolute atomic E-state index is 15.1. The Morgan fingerprint density at radius 2 is 1.53 bits per heavy atom. The number of unbranched alkanes of at least 4 members (excludes halogenated alkanes) is 1. The lowest BCUT2D eigenvalue weighted by atomic mass is 9.75. The molecule has 1 fully saturated rings. The van der Waals surface area contributed by atoms with Gasteiger partial charge < -0.3 is 5.11 Å². The van der Waals surface area contributed by atoms with Crippen LogP contribution in [0.2, 0.25) is 0 Å². The van der Waals surface area contributed by atoms with Gasteiger partial charge in [0.15, 0.2) is 17.5 Å². The molecule has 0 amide bonds. The van der Waals surface area contributed by atoms with E-state index in [0.29, 0.717) is 30.9 Å². The summed E-state index contributed by atoms with van der Waals surface area (Å²) in [4.78, 5) is 11.4. The molecule has 0 atom stereocenters. The number of halogens is 5. The Balaban J connectivity index is 2.09. The maximum atomic E-state index is 15.1. The summed E-state index contributed by atoms with van der Waals surface area (Å²) in [5.74, 6) is -9.02. The molecule has 1 saturated carbocycles. The predicted molar refractivity (Wildman–Crippen MR) is 103 cm³/mol. The number of carboxylic acids is 1. The van der Waals surface area contributed by atoms with E-state index < -0.39 is 40.6 Å². The summed E-state index contributed by atoms with van der Waals surface area (Å²) in [6, 6.07) is 2.16. The summed E-state index contributed by atoms with van der Waals surface area (Å²) in [5.41, 5.74) is -1.78. The molecule has 1 N–H and O–H groups in total. The van der Waals surface area contributed by atoms with Crippen LogP contribution in [0.15, 0.2) is 18.2 Å². The molecule has 1 aliphatic carbocycles. The fourth-order valence-electron chi connectivity index (χ4n) is 4.40. The highest BCUT2D eigenvalue weighted by Crippen LogP contribution is 2.43. The Hall–Kier alpha value is -2.44. The third kappa shape index (κ3) is 4.35. The number of aromatic carboxylic acids is 1. The average Bonchev–Trinajstić information content (AvgIpc) is 2.69. The van der Waals surface area contributed by atoms with E-state index >= 15 is 4.39 Å². The van der Waals surface area contributed by atoms with Crippen molar-refractivity contribution < 1.29 is 31.9 Å². The van der Waals surface area contributed by atoms with Gasteiger partial charge in [-0.1, -0.05) is 26.2 Å².